The van der Waals surface area contributed by atoms with Crippen molar-refractivity contribution in [3.63, 3.8) is 0 Å². The molecule has 1 atom stereocenters. The maximum absolute atomic E-state index is 12.5. The molecule has 0 spiro atoms. The van der Waals surface area contributed by atoms with E-state index in [0.29, 0.717) is 42.5 Å². The van der Waals surface area contributed by atoms with Crippen LogP contribution in [0.25, 0.3) is 22.3 Å². The standard InChI is InChI=1S/C25H35N3O4S/c1-8-17-12-21-23(16(5)14-28(21)18(9-2)15-31-6)27-24(17)19-13-22(33(7,29)30)20(10-3)26-25(19)32-11-4/h12-14,18H,8-11,15H2,1-7H3. The van der Waals surface area contributed by atoms with Gasteiger partial charge in [0.15, 0.2) is 9.84 Å². The van der Waals surface area contributed by atoms with Crippen molar-refractivity contribution in [2.75, 3.05) is 26.6 Å². The van der Waals surface area contributed by atoms with Gasteiger partial charge >= 0.3 is 0 Å². The first-order valence-corrected chi connectivity index (χ1v) is 13.5. The molecule has 0 bridgehead atoms. The lowest BCUT2D eigenvalue weighted by Crippen LogP contribution is -2.13. The number of aromatic nitrogens is 3. The van der Waals surface area contributed by atoms with Crippen LogP contribution >= 0.6 is 0 Å². The molecule has 3 rings (SSSR count). The highest BCUT2D eigenvalue weighted by Gasteiger charge is 2.24. The van der Waals surface area contributed by atoms with Gasteiger partial charge in [-0.15, -0.1) is 0 Å². The summed E-state index contributed by atoms with van der Waals surface area (Å²) in [7, 11) is -1.74. The van der Waals surface area contributed by atoms with Crippen LogP contribution in [-0.4, -0.2) is 49.5 Å². The summed E-state index contributed by atoms with van der Waals surface area (Å²) in [6.07, 6.45) is 5.51. The molecular formula is C25H35N3O4S. The Morgan fingerprint density at radius 3 is 2.36 bits per heavy atom. The Balaban J connectivity index is 2.34. The third kappa shape index (κ3) is 4.92. The van der Waals surface area contributed by atoms with Gasteiger partial charge in [-0.3, -0.25) is 0 Å². The van der Waals surface area contributed by atoms with E-state index in [9.17, 15) is 8.42 Å². The number of hydrogen-bond donors (Lipinski definition) is 0. The fourth-order valence-corrected chi connectivity index (χ4v) is 5.22. The van der Waals surface area contributed by atoms with E-state index in [-0.39, 0.29) is 10.9 Å². The number of methoxy groups -OCH3 is 1. The monoisotopic (exact) mass is 473 g/mol. The Kier molecular flexibility index (Phi) is 7.80. The van der Waals surface area contributed by atoms with E-state index in [2.05, 4.69) is 35.7 Å². The summed E-state index contributed by atoms with van der Waals surface area (Å²) in [5.41, 5.74) is 5.86. The van der Waals surface area contributed by atoms with Crippen LogP contribution in [-0.2, 0) is 27.4 Å². The highest BCUT2D eigenvalue weighted by atomic mass is 32.2. The summed E-state index contributed by atoms with van der Waals surface area (Å²) >= 11 is 0. The van der Waals surface area contributed by atoms with Crippen molar-refractivity contribution in [3.8, 4) is 17.1 Å². The predicted octanol–water partition coefficient (Wildman–Crippen LogP) is 4.93. The summed E-state index contributed by atoms with van der Waals surface area (Å²) in [6, 6.07) is 4.06. The molecule has 0 N–H and O–H groups in total. The molecule has 3 aromatic heterocycles. The van der Waals surface area contributed by atoms with E-state index in [1.807, 2.05) is 20.8 Å². The van der Waals surface area contributed by atoms with Gasteiger partial charge in [0.05, 0.1) is 52.1 Å². The Morgan fingerprint density at radius 2 is 1.82 bits per heavy atom. The van der Waals surface area contributed by atoms with E-state index in [1.165, 1.54) is 6.26 Å². The van der Waals surface area contributed by atoms with Crippen molar-refractivity contribution in [2.45, 2.75) is 64.8 Å². The van der Waals surface area contributed by atoms with Crippen molar-refractivity contribution in [2.24, 2.45) is 0 Å². The van der Waals surface area contributed by atoms with Gasteiger partial charge in [0.1, 0.15) is 0 Å². The first kappa shape index (κ1) is 25.2. The van der Waals surface area contributed by atoms with Crippen molar-refractivity contribution in [1.82, 2.24) is 14.5 Å². The van der Waals surface area contributed by atoms with Gasteiger partial charge in [0, 0.05) is 19.6 Å². The fourth-order valence-electron chi connectivity index (χ4n) is 4.27. The van der Waals surface area contributed by atoms with Crippen LogP contribution in [0, 0.1) is 6.92 Å². The number of hydrogen-bond acceptors (Lipinski definition) is 6. The lowest BCUT2D eigenvalue weighted by Gasteiger charge is -2.19. The zero-order valence-corrected chi connectivity index (χ0v) is 21.5. The van der Waals surface area contributed by atoms with Crippen molar-refractivity contribution >= 4 is 20.9 Å². The second kappa shape index (κ2) is 10.2. The minimum absolute atomic E-state index is 0.213. The van der Waals surface area contributed by atoms with Crippen molar-refractivity contribution in [1.29, 1.82) is 0 Å². The van der Waals surface area contributed by atoms with Gasteiger partial charge in [0.25, 0.3) is 0 Å². The number of sulfone groups is 1. The Hall–Kier alpha value is -2.45. The van der Waals surface area contributed by atoms with Crippen LogP contribution in [0.1, 0.15) is 57.0 Å². The van der Waals surface area contributed by atoms with Crippen LogP contribution < -0.4 is 4.74 Å². The first-order chi connectivity index (χ1) is 15.7. The average molecular weight is 474 g/mol. The lowest BCUT2D eigenvalue weighted by molar-refractivity contribution is 0.155. The van der Waals surface area contributed by atoms with Gasteiger partial charge in [-0.2, -0.15) is 0 Å². The SMILES string of the molecule is CCOc1nc(CC)c(S(C)(=O)=O)cc1-c1nc2c(C)cn(C(CC)COC)c2cc1CC. The molecule has 3 aromatic rings. The molecule has 7 nitrogen and oxygen atoms in total. The van der Waals surface area contributed by atoms with Crippen LogP contribution in [0.4, 0.5) is 0 Å². The van der Waals surface area contributed by atoms with Gasteiger partial charge in [0.2, 0.25) is 5.88 Å². The Morgan fingerprint density at radius 1 is 1.09 bits per heavy atom. The highest BCUT2D eigenvalue weighted by Crippen LogP contribution is 2.36. The van der Waals surface area contributed by atoms with E-state index < -0.39 is 9.84 Å². The molecule has 180 valence electrons. The largest absolute Gasteiger partial charge is 0.477 e. The van der Waals surface area contributed by atoms with Crippen LogP contribution in [0.5, 0.6) is 5.88 Å². The second-order valence-electron chi connectivity index (χ2n) is 8.30. The molecule has 0 amide bonds. The summed E-state index contributed by atoms with van der Waals surface area (Å²) in [5, 5.41) is 0. The smallest absolute Gasteiger partial charge is 0.223 e. The minimum Gasteiger partial charge on any atom is -0.477 e. The summed E-state index contributed by atoms with van der Waals surface area (Å²) in [4.78, 5) is 9.90. The molecule has 0 saturated carbocycles. The first-order valence-electron chi connectivity index (χ1n) is 11.6. The summed E-state index contributed by atoms with van der Waals surface area (Å²) in [6.45, 7) is 11.1. The second-order valence-corrected chi connectivity index (χ2v) is 10.3. The van der Waals surface area contributed by atoms with E-state index in [4.69, 9.17) is 14.5 Å². The molecule has 0 aliphatic heterocycles. The fraction of sp³-hybridized carbons (Fsp3) is 0.520. The van der Waals surface area contributed by atoms with Crippen LogP contribution in [0.3, 0.4) is 0 Å². The zero-order valence-electron chi connectivity index (χ0n) is 20.7. The topological polar surface area (TPSA) is 83.3 Å². The molecule has 0 aliphatic rings. The number of pyridine rings is 2. The van der Waals surface area contributed by atoms with E-state index >= 15 is 0 Å². The number of nitrogens with zero attached hydrogens (tertiary/aromatic N) is 3. The van der Waals surface area contributed by atoms with Crippen LogP contribution in [0.15, 0.2) is 23.2 Å². The molecule has 0 aliphatic carbocycles. The van der Waals surface area contributed by atoms with Crippen molar-refractivity contribution < 1.29 is 17.9 Å². The number of fused-ring (bicyclic) bond motifs is 1. The summed E-state index contributed by atoms with van der Waals surface area (Å²) in [5.74, 6) is 0.422. The molecule has 1 unspecified atom stereocenters. The number of rotatable bonds is 10. The van der Waals surface area contributed by atoms with Crippen molar-refractivity contribution in [3.05, 3.63) is 35.2 Å². The van der Waals surface area contributed by atoms with Crippen LogP contribution in [0.2, 0.25) is 0 Å². The van der Waals surface area contributed by atoms with E-state index in [1.54, 1.807) is 13.2 Å². The van der Waals surface area contributed by atoms with Gasteiger partial charge in [-0.1, -0.05) is 20.8 Å². The lowest BCUT2D eigenvalue weighted by atomic mass is 10.0. The zero-order chi connectivity index (χ0) is 24.3. The predicted molar refractivity (Wildman–Crippen MR) is 132 cm³/mol. The minimum atomic E-state index is -3.46. The molecule has 0 saturated heterocycles. The quantitative estimate of drug-likeness (QED) is 0.415. The Bertz CT molecular complexity index is 1250. The van der Waals surface area contributed by atoms with Gasteiger partial charge in [-0.25, -0.2) is 18.4 Å². The van der Waals surface area contributed by atoms with E-state index in [0.717, 1.165) is 35.0 Å². The molecule has 33 heavy (non-hydrogen) atoms. The molecule has 0 fully saturated rings. The maximum atomic E-state index is 12.5. The maximum Gasteiger partial charge on any atom is 0.223 e. The molecule has 3 heterocycles. The molecule has 0 aromatic carbocycles. The third-order valence-corrected chi connectivity index (χ3v) is 7.12. The normalized spacial score (nSPS) is 12.9. The Labute approximate surface area is 197 Å². The molecule has 0 radical (unpaired) electrons. The molecule has 8 heteroatoms. The van der Waals surface area contributed by atoms with Gasteiger partial charge in [-0.05, 0) is 56.4 Å². The number of ether oxygens (including phenoxy) is 2. The average Bonchev–Trinajstić information content (AvgIpc) is 3.11. The molecular weight excluding hydrogens is 438 g/mol. The number of aryl methyl sites for hydroxylation is 3. The summed E-state index contributed by atoms with van der Waals surface area (Å²) < 4.78 is 38.6. The third-order valence-electron chi connectivity index (χ3n) is 5.97. The van der Waals surface area contributed by atoms with Gasteiger partial charge < -0.3 is 14.0 Å². The highest BCUT2D eigenvalue weighted by molar-refractivity contribution is 7.90.